The van der Waals surface area contributed by atoms with Crippen LogP contribution < -0.4 is 0 Å². The summed E-state index contributed by atoms with van der Waals surface area (Å²) in [6, 6.07) is 8.98. The van der Waals surface area contributed by atoms with Crippen molar-refractivity contribution in [3.05, 3.63) is 82.2 Å². The predicted octanol–water partition coefficient (Wildman–Crippen LogP) is 8.48. The minimum atomic E-state index is -4.88. The number of benzene rings is 3. The number of hydrogen-bond donors (Lipinski definition) is 0. The molecule has 0 amide bonds. The summed E-state index contributed by atoms with van der Waals surface area (Å²) < 4.78 is 82.8. The van der Waals surface area contributed by atoms with E-state index in [-0.39, 0.29) is 17.5 Å². The van der Waals surface area contributed by atoms with Crippen LogP contribution in [0.25, 0.3) is 22.3 Å². The third-order valence-electron chi connectivity index (χ3n) is 6.03. The van der Waals surface area contributed by atoms with Gasteiger partial charge in [0.15, 0.2) is 0 Å². The standard InChI is InChI=1S/C26H22F6/c1-2-3-4-5-6-15-7-9-18-17(11-15)12-20-19(18)14-23(28)24(25(20)29)16-8-10-21(22(27)13-16)26(30,31)32/h7-11,13-14H,2-6,12H2,1H3. The molecule has 0 spiro atoms. The fourth-order valence-electron chi connectivity index (χ4n) is 4.40. The van der Waals surface area contributed by atoms with Gasteiger partial charge in [-0.2, -0.15) is 13.2 Å². The number of alkyl halides is 3. The number of fused-ring (bicyclic) bond motifs is 3. The molecule has 0 saturated carbocycles. The van der Waals surface area contributed by atoms with Gasteiger partial charge >= 0.3 is 6.18 Å². The highest BCUT2D eigenvalue weighted by Crippen LogP contribution is 2.43. The summed E-state index contributed by atoms with van der Waals surface area (Å²) >= 11 is 0. The average molecular weight is 448 g/mol. The Kier molecular flexibility index (Phi) is 6.06. The van der Waals surface area contributed by atoms with Crippen molar-refractivity contribution in [3.63, 3.8) is 0 Å². The van der Waals surface area contributed by atoms with Gasteiger partial charge in [-0.15, -0.1) is 0 Å². The van der Waals surface area contributed by atoms with E-state index in [0.29, 0.717) is 17.7 Å². The van der Waals surface area contributed by atoms with Gasteiger partial charge in [0, 0.05) is 12.0 Å². The molecule has 6 heteroatoms. The first-order chi connectivity index (χ1) is 15.2. The zero-order valence-corrected chi connectivity index (χ0v) is 17.6. The summed E-state index contributed by atoms with van der Waals surface area (Å²) in [6.45, 7) is 2.15. The van der Waals surface area contributed by atoms with Crippen LogP contribution in [-0.4, -0.2) is 0 Å². The van der Waals surface area contributed by atoms with Crippen molar-refractivity contribution in [1.82, 2.24) is 0 Å². The van der Waals surface area contributed by atoms with Gasteiger partial charge in [0.05, 0.1) is 11.1 Å². The fourth-order valence-corrected chi connectivity index (χ4v) is 4.40. The van der Waals surface area contributed by atoms with Gasteiger partial charge in [0.1, 0.15) is 17.5 Å². The van der Waals surface area contributed by atoms with Gasteiger partial charge in [-0.1, -0.05) is 50.5 Å². The summed E-state index contributed by atoms with van der Waals surface area (Å²) in [5.74, 6) is -3.36. The maximum Gasteiger partial charge on any atom is 0.419 e. The van der Waals surface area contributed by atoms with Crippen molar-refractivity contribution in [2.24, 2.45) is 0 Å². The maximum absolute atomic E-state index is 15.4. The molecular weight excluding hydrogens is 426 g/mol. The monoisotopic (exact) mass is 448 g/mol. The lowest BCUT2D eigenvalue weighted by molar-refractivity contribution is -0.139. The van der Waals surface area contributed by atoms with Gasteiger partial charge in [-0.25, -0.2) is 13.2 Å². The topological polar surface area (TPSA) is 0 Å². The van der Waals surface area contributed by atoms with E-state index in [0.717, 1.165) is 48.4 Å². The summed E-state index contributed by atoms with van der Waals surface area (Å²) in [5, 5.41) is 0. The van der Waals surface area contributed by atoms with Crippen LogP contribution in [-0.2, 0) is 19.0 Å². The van der Waals surface area contributed by atoms with Crippen LogP contribution in [0.5, 0.6) is 0 Å². The highest BCUT2D eigenvalue weighted by atomic mass is 19.4. The zero-order chi connectivity index (χ0) is 23.0. The molecule has 0 heterocycles. The van der Waals surface area contributed by atoms with Crippen LogP contribution >= 0.6 is 0 Å². The molecule has 4 rings (SSSR count). The van der Waals surface area contributed by atoms with Crippen LogP contribution in [0.2, 0.25) is 0 Å². The van der Waals surface area contributed by atoms with Crippen LogP contribution in [0, 0.1) is 17.5 Å². The Balaban J connectivity index is 1.67. The van der Waals surface area contributed by atoms with Crippen LogP contribution in [0.15, 0.2) is 42.5 Å². The summed E-state index contributed by atoms with van der Waals surface area (Å²) in [6.07, 6.45) is 0.816. The lowest BCUT2D eigenvalue weighted by Crippen LogP contribution is -2.08. The SMILES string of the molecule is CCCCCCc1ccc2c(c1)Cc1c-2cc(F)c(-c2ccc(C(F)(F)F)c(F)c2)c1F. The highest BCUT2D eigenvalue weighted by molar-refractivity contribution is 5.81. The van der Waals surface area contributed by atoms with E-state index >= 15 is 4.39 Å². The Morgan fingerprint density at radius 1 is 0.812 bits per heavy atom. The molecule has 32 heavy (non-hydrogen) atoms. The third kappa shape index (κ3) is 4.15. The zero-order valence-electron chi connectivity index (χ0n) is 17.6. The minimum absolute atomic E-state index is 0.260. The van der Waals surface area contributed by atoms with E-state index in [4.69, 9.17) is 0 Å². The summed E-state index contributed by atoms with van der Waals surface area (Å²) in [4.78, 5) is 0. The van der Waals surface area contributed by atoms with Gasteiger partial charge in [0.25, 0.3) is 0 Å². The largest absolute Gasteiger partial charge is 0.419 e. The Bertz CT molecular complexity index is 1160. The molecule has 1 aliphatic rings. The number of halogens is 6. The van der Waals surface area contributed by atoms with Crippen LogP contribution in [0.3, 0.4) is 0 Å². The molecule has 0 nitrogen and oxygen atoms in total. The Morgan fingerprint density at radius 3 is 2.28 bits per heavy atom. The average Bonchev–Trinajstić information content (AvgIpc) is 3.08. The Hall–Kier alpha value is -2.76. The molecule has 168 valence electrons. The molecule has 3 aromatic rings. The van der Waals surface area contributed by atoms with Crippen molar-refractivity contribution in [2.75, 3.05) is 0 Å². The lowest BCUT2D eigenvalue weighted by Gasteiger charge is -2.13. The van der Waals surface area contributed by atoms with Crippen molar-refractivity contribution >= 4 is 0 Å². The van der Waals surface area contributed by atoms with Gasteiger partial charge in [-0.3, -0.25) is 0 Å². The van der Waals surface area contributed by atoms with Crippen molar-refractivity contribution < 1.29 is 26.3 Å². The second kappa shape index (κ2) is 8.64. The summed E-state index contributed by atoms with van der Waals surface area (Å²) in [7, 11) is 0. The first-order valence-corrected chi connectivity index (χ1v) is 10.7. The predicted molar refractivity (Wildman–Crippen MR) is 113 cm³/mol. The molecule has 0 fully saturated rings. The molecule has 0 aliphatic heterocycles. The van der Waals surface area contributed by atoms with Gasteiger partial charge in [-0.05, 0) is 58.9 Å². The lowest BCUT2D eigenvalue weighted by atomic mass is 9.96. The summed E-state index contributed by atoms with van der Waals surface area (Å²) in [5.41, 5.74) is 1.25. The molecule has 0 atom stereocenters. The molecule has 0 bridgehead atoms. The number of rotatable bonds is 6. The van der Waals surface area contributed by atoms with Crippen molar-refractivity contribution in [3.8, 4) is 22.3 Å². The van der Waals surface area contributed by atoms with E-state index in [1.807, 2.05) is 18.2 Å². The number of hydrogen-bond acceptors (Lipinski definition) is 0. The highest BCUT2D eigenvalue weighted by Gasteiger charge is 2.34. The third-order valence-corrected chi connectivity index (χ3v) is 6.03. The Labute approximate surface area is 182 Å². The minimum Gasteiger partial charge on any atom is -0.206 e. The van der Waals surface area contributed by atoms with E-state index in [1.165, 1.54) is 12.5 Å². The molecule has 3 aromatic carbocycles. The first kappa shape index (κ1) is 22.4. The molecule has 0 radical (unpaired) electrons. The molecule has 0 saturated heterocycles. The van der Waals surface area contributed by atoms with E-state index in [2.05, 4.69) is 6.92 Å². The first-order valence-electron chi connectivity index (χ1n) is 10.7. The second-order valence-electron chi connectivity index (χ2n) is 8.24. The van der Waals surface area contributed by atoms with E-state index < -0.39 is 34.8 Å². The quantitative estimate of drug-likeness (QED) is 0.205. The fraction of sp³-hybridized carbons (Fsp3) is 0.308. The smallest absolute Gasteiger partial charge is 0.206 e. The maximum atomic E-state index is 15.4. The Morgan fingerprint density at radius 2 is 1.59 bits per heavy atom. The van der Waals surface area contributed by atoms with E-state index in [1.54, 1.807) is 0 Å². The normalized spacial score (nSPS) is 12.7. The van der Waals surface area contributed by atoms with Crippen molar-refractivity contribution in [2.45, 2.75) is 51.6 Å². The molecule has 1 aliphatic carbocycles. The van der Waals surface area contributed by atoms with Gasteiger partial charge < -0.3 is 0 Å². The van der Waals surface area contributed by atoms with E-state index in [9.17, 15) is 22.0 Å². The van der Waals surface area contributed by atoms with Crippen molar-refractivity contribution in [1.29, 1.82) is 0 Å². The van der Waals surface area contributed by atoms with Gasteiger partial charge in [0.2, 0.25) is 0 Å². The number of unbranched alkanes of at least 4 members (excludes halogenated alkanes) is 3. The van der Waals surface area contributed by atoms with Crippen LogP contribution in [0.1, 0.15) is 54.9 Å². The number of aryl methyl sites for hydroxylation is 1. The molecule has 0 unspecified atom stereocenters. The molecule has 0 N–H and O–H groups in total. The second-order valence-corrected chi connectivity index (χ2v) is 8.24. The molecular formula is C26H22F6. The molecule has 0 aromatic heterocycles. The van der Waals surface area contributed by atoms with Crippen LogP contribution in [0.4, 0.5) is 26.3 Å².